The number of hydrogen-bond acceptors (Lipinski definition) is 2. The summed E-state index contributed by atoms with van der Waals surface area (Å²) in [7, 11) is 0. The van der Waals surface area contributed by atoms with Gasteiger partial charge >= 0.3 is 6.03 Å². The van der Waals surface area contributed by atoms with E-state index in [0.717, 1.165) is 0 Å². The largest absolute Gasteiger partial charge is 0.345 e. The van der Waals surface area contributed by atoms with Crippen molar-refractivity contribution in [1.29, 1.82) is 0 Å². The lowest BCUT2D eigenvalue weighted by molar-refractivity contribution is -0.199. The molecular weight excluding hydrogens is 211 g/mol. The third-order valence-electron chi connectivity index (χ3n) is 3.31. The van der Waals surface area contributed by atoms with Gasteiger partial charge in [0.15, 0.2) is 0 Å². The Hall–Kier alpha value is -1.10. The molecule has 3 aliphatic rings. The topological polar surface area (TPSA) is 32.8 Å². The van der Waals surface area contributed by atoms with Gasteiger partial charge in [0.05, 0.1) is 6.04 Å². The van der Waals surface area contributed by atoms with Crippen molar-refractivity contribution in [3.8, 4) is 0 Å². The molecule has 2 bridgehead atoms. The zero-order chi connectivity index (χ0) is 11.3. The Balaban J connectivity index is 1.79. The van der Waals surface area contributed by atoms with Crippen LogP contribution in [0.5, 0.6) is 0 Å². The first-order valence-electron chi connectivity index (χ1n) is 5.74. The quantitative estimate of drug-likeness (QED) is 0.686. The molecule has 0 radical (unpaired) electrons. The van der Waals surface area contributed by atoms with Gasteiger partial charge < -0.3 is 4.90 Å². The van der Waals surface area contributed by atoms with Gasteiger partial charge in [0.25, 0.3) is 0 Å². The molecule has 0 aromatic carbocycles. The predicted octanol–water partition coefficient (Wildman–Crippen LogP) is 1.69. The van der Waals surface area contributed by atoms with Crippen LogP contribution in [-0.2, 0) is 4.84 Å². The van der Waals surface area contributed by atoms with E-state index in [0.29, 0.717) is 19.0 Å². The monoisotopic (exact) mass is 226 g/mol. The van der Waals surface area contributed by atoms with Crippen molar-refractivity contribution in [3.63, 3.8) is 0 Å². The SMILES string of the molecule is CC(F)ON1C(=O)N2CC(C3CC3)=CC1C2. The van der Waals surface area contributed by atoms with Crippen molar-refractivity contribution in [2.75, 3.05) is 13.1 Å². The van der Waals surface area contributed by atoms with Crippen LogP contribution < -0.4 is 0 Å². The summed E-state index contributed by atoms with van der Waals surface area (Å²) in [4.78, 5) is 18.5. The lowest BCUT2D eigenvalue weighted by atomic mass is 10.0. The molecule has 2 fully saturated rings. The summed E-state index contributed by atoms with van der Waals surface area (Å²) < 4.78 is 12.8. The van der Waals surface area contributed by atoms with Gasteiger partial charge in [-0.2, -0.15) is 5.06 Å². The first kappa shape index (κ1) is 10.1. The van der Waals surface area contributed by atoms with E-state index in [1.165, 1.54) is 30.4 Å². The molecule has 2 heterocycles. The van der Waals surface area contributed by atoms with Gasteiger partial charge in [-0.1, -0.05) is 6.08 Å². The van der Waals surface area contributed by atoms with Gasteiger partial charge in [-0.3, -0.25) is 0 Å². The first-order chi connectivity index (χ1) is 7.65. The Bertz CT molecular complexity index is 352. The highest BCUT2D eigenvalue weighted by Crippen LogP contribution is 2.40. The minimum absolute atomic E-state index is 0.102. The van der Waals surface area contributed by atoms with Crippen molar-refractivity contribution in [3.05, 3.63) is 11.6 Å². The maximum Gasteiger partial charge on any atom is 0.345 e. The number of halogens is 1. The molecule has 88 valence electrons. The summed E-state index contributed by atoms with van der Waals surface area (Å²) in [5, 5.41) is 1.18. The lowest BCUT2D eigenvalue weighted by Gasteiger charge is -2.21. The van der Waals surface area contributed by atoms with Gasteiger partial charge in [0.1, 0.15) is 0 Å². The number of hydroxylamine groups is 2. The highest BCUT2D eigenvalue weighted by molar-refractivity contribution is 5.77. The molecule has 1 saturated heterocycles. The summed E-state index contributed by atoms with van der Waals surface area (Å²) in [5.41, 5.74) is 1.32. The molecule has 5 heteroatoms. The predicted molar refractivity (Wildman–Crippen MR) is 55.1 cm³/mol. The molecule has 2 amide bonds. The minimum atomic E-state index is -1.44. The van der Waals surface area contributed by atoms with Crippen LogP contribution in [0.15, 0.2) is 11.6 Å². The number of nitrogens with zero attached hydrogens (tertiary/aromatic N) is 2. The fourth-order valence-electron chi connectivity index (χ4n) is 2.43. The molecule has 2 aliphatic heterocycles. The third kappa shape index (κ3) is 1.59. The summed E-state index contributed by atoms with van der Waals surface area (Å²) in [5.74, 6) is 0.654. The van der Waals surface area contributed by atoms with Gasteiger partial charge in [-0.25, -0.2) is 14.0 Å². The number of alkyl halides is 1. The van der Waals surface area contributed by atoms with Gasteiger partial charge in [-0.15, -0.1) is 0 Å². The Morgan fingerprint density at radius 3 is 2.94 bits per heavy atom. The van der Waals surface area contributed by atoms with E-state index in [4.69, 9.17) is 4.84 Å². The fraction of sp³-hybridized carbons (Fsp3) is 0.727. The Kier molecular flexibility index (Phi) is 2.17. The van der Waals surface area contributed by atoms with Crippen LogP contribution in [0.25, 0.3) is 0 Å². The van der Waals surface area contributed by atoms with Crippen molar-refractivity contribution < 1.29 is 14.0 Å². The summed E-state index contributed by atoms with van der Waals surface area (Å²) >= 11 is 0. The smallest absolute Gasteiger partial charge is 0.316 e. The molecule has 16 heavy (non-hydrogen) atoms. The van der Waals surface area contributed by atoms with E-state index >= 15 is 0 Å². The molecule has 4 nitrogen and oxygen atoms in total. The average molecular weight is 226 g/mol. The van der Waals surface area contributed by atoms with E-state index in [2.05, 4.69) is 6.08 Å². The van der Waals surface area contributed by atoms with E-state index < -0.39 is 6.36 Å². The molecule has 0 spiro atoms. The average Bonchev–Trinajstić information content (AvgIpc) is 3.04. The second-order valence-electron chi connectivity index (χ2n) is 4.72. The van der Waals surface area contributed by atoms with E-state index in [9.17, 15) is 9.18 Å². The lowest BCUT2D eigenvalue weighted by Crippen LogP contribution is -2.34. The highest BCUT2D eigenvalue weighted by Gasteiger charge is 2.43. The van der Waals surface area contributed by atoms with Crippen molar-refractivity contribution >= 4 is 6.03 Å². The number of fused-ring (bicyclic) bond motifs is 2. The molecule has 2 unspecified atom stereocenters. The molecule has 0 aromatic rings. The fourth-order valence-corrected chi connectivity index (χ4v) is 2.43. The maximum absolute atomic E-state index is 12.8. The Labute approximate surface area is 93.6 Å². The second kappa shape index (κ2) is 3.45. The van der Waals surface area contributed by atoms with Crippen molar-refractivity contribution in [2.45, 2.75) is 32.2 Å². The number of rotatable bonds is 3. The van der Waals surface area contributed by atoms with Crippen LogP contribution in [-0.4, -0.2) is 41.5 Å². The number of carbonyl (C=O) groups is 1. The summed E-state index contributed by atoms with van der Waals surface area (Å²) in [6.07, 6.45) is 3.09. The molecule has 1 aliphatic carbocycles. The van der Waals surface area contributed by atoms with Crippen molar-refractivity contribution in [2.24, 2.45) is 5.92 Å². The summed E-state index contributed by atoms with van der Waals surface area (Å²) in [6, 6.07) is -0.309. The molecule has 0 aromatic heterocycles. The number of urea groups is 1. The molecule has 2 atom stereocenters. The van der Waals surface area contributed by atoms with Gasteiger partial charge in [0.2, 0.25) is 6.36 Å². The van der Waals surface area contributed by atoms with Crippen LogP contribution in [0.2, 0.25) is 0 Å². The van der Waals surface area contributed by atoms with Crippen LogP contribution in [0.1, 0.15) is 19.8 Å². The van der Waals surface area contributed by atoms with Crippen LogP contribution in [0.3, 0.4) is 0 Å². The molecular formula is C11H15FN2O2. The van der Waals surface area contributed by atoms with Gasteiger partial charge in [-0.05, 0) is 31.3 Å². The standard InChI is InChI=1S/C11H15FN2O2/c1-7(12)16-14-10-4-9(8-2-3-8)5-13(6-10)11(14)15/h4,7-8,10H,2-3,5-6H2,1H3. The maximum atomic E-state index is 12.8. The zero-order valence-electron chi connectivity index (χ0n) is 9.23. The number of carbonyl (C=O) groups excluding carboxylic acids is 1. The minimum Gasteiger partial charge on any atom is -0.316 e. The Morgan fingerprint density at radius 2 is 2.31 bits per heavy atom. The van der Waals surface area contributed by atoms with E-state index in [1.54, 1.807) is 4.90 Å². The number of hydrogen-bond donors (Lipinski definition) is 0. The third-order valence-corrected chi connectivity index (χ3v) is 3.31. The van der Waals surface area contributed by atoms with Crippen LogP contribution in [0.4, 0.5) is 9.18 Å². The van der Waals surface area contributed by atoms with Crippen LogP contribution >= 0.6 is 0 Å². The zero-order valence-corrected chi connectivity index (χ0v) is 9.23. The van der Waals surface area contributed by atoms with E-state index in [-0.39, 0.29) is 12.1 Å². The van der Waals surface area contributed by atoms with Gasteiger partial charge in [0, 0.05) is 13.1 Å². The van der Waals surface area contributed by atoms with Crippen molar-refractivity contribution in [1.82, 2.24) is 9.96 Å². The number of amides is 2. The molecule has 3 rings (SSSR count). The molecule has 0 N–H and O–H groups in total. The second-order valence-corrected chi connectivity index (χ2v) is 4.72. The summed E-state index contributed by atoms with van der Waals surface area (Å²) in [6.45, 7) is 2.61. The Morgan fingerprint density at radius 1 is 1.56 bits per heavy atom. The normalized spacial score (nSPS) is 30.8. The first-order valence-corrected chi connectivity index (χ1v) is 5.74. The van der Waals surface area contributed by atoms with Crippen LogP contribution in [0, 0.1) is 5.92 Å². The highest BCUT2D eigenvalue weighted by atomic mass is 19.1. The molecule has 1 saturated carbocycles. The van der Waals surface area contributed by atoms with E-state index in [1.807, 2.05) is 0 Å².